The van der Waals surface area contributed by atoms with Crippen LogP contribution in [0.1, 0.15) is 32.1 Å². The Morgan fingerprint density at radius 1 is 1.40 bits per heavy atom. The second-order valence-corrected chi connectivity index (χ2v) is 5.26. The highest BCUT2D eigenvalue weighted by Crippen LogP contribution is 2.30. The van der Waals surface area contributed by atoms with Crippen molar-refractivity contribution < 1.29 is 19.1 Å². The second kappa shape index (κ2) is 7.81. The van der Waals surface area contributed by atoms with Crippen LogP contribution in [-0.2, 0) is 19.1 Å². The first-order chi connectivity index (χ1) is 9.16. The molecule has 2 N–H and O–H groups in total. The van der Waals surface area contributed by atoms with Gasteiger partial charge in [0.2, 0.25) is 5.91 Å². The van der Waals surface area contributed by atoms with Gasteiger partial charge in [0, 0.05) is 19.0 Å². The Morgan fingerprint density at radius 3 is 2.65 bits per heavy atom. The van der Waals surface area contributed by atoms with Crippen molar-refractivity contribution in [3.05, 3.63) is 0 Å². The van der Waals surface area contributed by atoms with Gasteiger partial charge in [0.05, 0.1) is 20.3 Å². The van der Waals surface area contributed by atoms with Gasteiger partial charge in [-0.25, -0.2) is 4.79 Å². The highest BCUT2D eigenvalue weighted by molar-refractivity contribution is 5.88. The van der Waals surface area contributed by atoms with E-state index in [1.54, 1.807) is 0 Å². The minimum Gasteiger partial charge on any atom is -0.467 e. The third-order valence-electron chi connectivity index (χ3n) is 3.84. The summed E-state index contributed by atoms with van der Waals surface area (Å²) in [5.41, 5.74) is -0.804. The van der Waals surface area contributed by atoms with Gasteiger partial charge in [0.1, 0.15) is 5.54 Å². The summed E-state index contributed by atoms with van der Waals surface area (Å²) in [5.74, 6) is -0.443. The molecule has 20 heavy (non-hydrogen) atoms. The highest BCUT2D eigenvalue weighted by Gasteiger charge is 2.43. The Kier molecular flexibility index (Phi) is 6.71. The number of amides is 1. The smallest absolute Gasteiger partial charge is 0.331 e. The number of carbonyl (C=O) groups excluding carboxylic acids is 2. The maximum Gasteiger partial charge on any atom is 0.331 e. The Morgan fingerprint density at radius 2 is 2.10 bits per heavy atom. The van der Waals surface area contributed by atoms with Crippen LogP contribution in [0.4, 0.5) is 0 Å². The van der Waals surface area contributed by atoms with E-state index >= 15 is 0 Å². The number of carbonyl (C=O) groups is 2. The second-order valence-electron chi connectivity index (χ2n) is 5.26. The van der Waals surface area contributed by atoms with Crippen LogP contribution in [0.5, 0.6) is 0 Å². The zero-order valence-corrected chi connectivity index (χ0v) is 12.6. The first-order valence-corrected chi connectivity index (χ1v) is 6.87. The number of morpholine rings is 1. The molecule has 1 amide bonds. The fraction of sp³-hybridized carbons (Fsp3) is 0.846. The molecular formula is C13H23ClN2O4. The summed E-state index contributed by atoms with van der Waals surface area (Å²) in [6.45, 7) is 1.99. The fourth-order valence-corrected chi connectivity index (χ4v) is 2.85. The SMILES string of the molecule is COC(=O)C1(NC(=O)CC2COCCN2)CCCC1.Cl. The molecule has 7 heteroatoms. The molecule has 2 fully saturated rings. The molecule has 0 aromatic rings. The van der Waals surface area contributed by atoms with Crippen molar-refractivity contribution in [1.29, 1.82) is 0 Å². The van der Waals surface area contributed by atoms with Crippen LogP contribution in [0.15, 0.2) is 0 Å². The lowest BCUT2D eigenvalue weighted by Crippen LogP contribution is -2.54. The number of hydrogen-bond donors (Lipinski definition) is 2. The van der Waals surface area contributed by atoms with Gasteiger partial charge in [0.25, 0.3) is 0 Å². The van der Waals surface area contributed by atoms with Crippen molar-refractivity contribution in [3.8, 4) is 0 Å². The van der Waals surface area contributed by atoms with Crippen molar-refractivity contribution in [1.82, 2.24) is 10.6 Å². The van der Waals surface area contributed by atoms with Gasteiger partial charge in [-0.3, -0.25) is 4.79 Å². The van der Waals surface area contributed by atoms with E-state index < -0.39 is 5.54 Å². The van der Waals surface area contributed by atoms with Crippen LogP contribution >= 0.6 is 12.4 Å². The summed E-state index contributed by atoms with van der Waals surface area (Å²) in [4.78, 5) is 24.0. The van der Waals surface area contributed by atoms with Gasteiger partial charge < -0.3 is 20.1 Å². The summed E-state index contributed by atoms with van der Waals surface area (Å²) in [6.07, 6.45) is 3.55. The summed E-state index contributed by atoms with van der Waals surface area (Å²) in [5, 5.41) is 6.11. The molecule has 1 saturated carbocycles. The van der Waals surface area contributed by atoms with E-state index in [1.165, 1.54) is 7.11 Å². The van der Waals surface area contributed by atoms with E-state index in [-0.39, 0.29) is 30.3 Å². The molecule has 0 aromatic heterocycles. The predicted molar refractivity (Wildman–Crippen MR) is 75.8 cm³/mol. The number of esters is 1. The van der Waals surface area contributed by atoms with Gasteiger partial charge in [0.15, 0.2) is 0 Å². The topological polar surface area (TPSA) is 76.7 Å². The van der Waals surface area contributed by atoms with Crippen LogP contribution < -0.4 is 10.6 Å². The van der Waals surface area contributed by atoms with Gasteiger partial charge in [-0.05, 0) is 12.8 Å². The molecule has 1 aliphatic heterocycles. The maximum absolute atomic E-state index is 12.1. The monoisotopic (exact) mass is 306 g/mol. The Labute approximate surface area is 125 Å². The average Bonchev–Trinajstić information content (AvgIpc) is 2.88. The maximum atomic E-state index is 12.1. The molecule has 1 aliphatic carbocycles. The number of hydrogen-bond acceptors (Lipinski definition) is 5. The molecule has 6 nitrogen and oxygen atoms in total. The van der Waals surface area contributed by atoms with Gasteiger partial charge in [-0.1, -0.05) is 12.8 Å². The Bertz CT molecular complexity index is 339. The van der Waals surface area contributed by atoms with Crippen LogP contribution in [0.25, 0.3) is 0 Å². The lowest BCUT2D eigenvalue weighted by molar-refractivity contribution is -0.150. The minimum absolute atomic E-state index is 0. The Balaban J connectivity index is 0.00000200. The van der Waals surface area contributed by atoms with Crippen molar-refractivity contribution in [2.24, 2.45) is 0 Å². The molecular weight excluding hydrogens is 284 g/mol. The van der Waals surface area contributed by atoms with E-state index in [2.05, 4.69) is 10.6 Å². The van der Waals surface area contributed by atoms with Gasteiger partial charge >= 0.3 is 5.97 Å². The van der Waals surface area contributed by atoms with Gasteiger partial charge in [-0.2, -0.15) is 0 Å². The van der Waals surface area contributed by atoms with Crippen LogP contribution in [0.2, 0.25) is 0 Å². The van der Waals surface area contributed by atoms with E-state index in [9.17, 15) is 9.59 Å². The third kappa shape index (κ3) is 4.07. The van der Waals surface area contributed by atoms with E-state index in [4.69, 9.17) is 9.47 Å². The summed E-state index contributed by atoms with van der Waals surface area (Å²) < 4.78 is 10.1. The Hall–Kier alpha value is -0.850. The molecule has 0 aromatic carbocycles. The summed E-state index contributed by atoms with van der Waals surface area (Å²) in [6, 6.07) is 0.0323. The van der Waals surface area contributed by atoms with Crippen LogP contribution in [0, 0.1) is 0 Å². The number of methoxy groups -OCH3 is 1. The molecule has 2 aliphatic rings. The number of halogens is 1. The number of rotatable bonds is 4. The first-order valence-electron chi connectivity index (χ1n) is 6.87. The largest absolute Gasteiger partial charge is 0.467 e. The van der Waals surface area contributed by atoms with Crippen LogP contribution in [-0.4, -0.2) is 50.3 Å². The van der Waals surface area contributed by atoms with Crippen molar-refractivity contribution in [2.75, 3.05) is 26.9 Å². The average molecular weight is 307 g/mol. The van der Waals surface area contributed by atoms with E-state index in [1.807, 2.05) is 0 Å². The van der Waals surface area contributed by atoms with Gasteiger partial charge in [-0.15, -0.1) is 12.4 Å². The number of ether oxygens (including phenoxy) is 2. The lowest BCUT2D eigenvalue weighted by Gasteiger charge is -2.29. The highest BCUT2D eigenvalue weighted by atomic mass is 35.5. The lowest BCUT2D eigenvalue weighted by atomic mass is 9.97. The molecule has 1 unspecified atom stereocenters. The fourth-order valence-electron chi connectivity index (χ4n) is 2.85. The first kappa shape index (κ1) is 17.2. The quantitative estimate of drug-likeness (QED) is 0.735. The summed E-state index contributed by atoms with van der Waals surface area (Å²) in [7, 11) is 1.37. The molecule has 1 saturated heterocycles. The molecule has 1 atom stereocenters. The number of nitrogens with one attached hydrogen (secondary N) is 2. The molecule has 0 bridgehead atoms. The van der Waals surface area contributed by atoms with E-state index in [0.717, 1.165) is 19.4 Å². The van der Waals surface area contributed by atoms with E-state index in [0.29, 0.717) is 32.5 Å². The molecule has 116 valence electrons. The zero-order chi connectivity index (χ0) is 13.7. The standard InChI is InChI=1S/C13H22N2O4.ClH/c1-18-12(17)13(4-2-3-5-13)15-11(16)8-10-9-19-7-6-14-10;/h10,14H,2-9H2,1H3,(H,15,16);1H. The van der Waals surface area contributed by atoms with Crippen molar-refractivity contribution in [3.63, 3.8) is 0 Å². The predicted octanol–water partition coefficient (Wildman–Crippen LogP) is 0.389. The third-order valence-corrected chi connectivity index (χ3v) is 3.84. The van der Waals surface area contributed by atoms with Crippen molar-refractivity contribution in [2.45, 2.75) is 43.7 Å². The minimum atomic E-state index is -0.804. The molecule has 2 rings (SSSR count). The summed E-state index contributed by atoms with van der Waals surface area (Å²) >= 11 is 0. The molecule has 1 heterocycles. The van der Waals surface area contributed by atoms with Crippen LogP contribution in [0.3, 0.4) is 0 Å². The normalized spacial score (nSPS) is 24.6. The van der Waals surface area contributed by atoms with Crippen molar-refractivity contribution >= 4 is 24.3 Å². The zero-order valence-electron chi connectivity index (χ0n) is 11.8. The molecule has 0 spiro atoms. The molecule has 0 radical (unpaired) electrons.